The SMILES string of the molecule is Cn1cnc2c1c(=O)n(CC(=O)NCCC13CC4CC(CC(C4)C1)C3)c(=O)n2C. The van der Waals surface area contributed by atoms with Crippen molar-refractivity contribution in [2.45, 2.75) is 51.5 Å². The molecule has 4 aliphatic rings. The zero-order chi connectivity index (χ0) is 20.3. The normalized spacial score (nSPS) is 30.2. The van der Waals surface area contributed by atoms with E-state index >= 15 is 0 Å². The number of nitrogens with one attached hydrogen (secondary N) is 1. The van der Waals surface area contributed by atoms with Crippen LogP contribution in [-0.2, 0) is 25.4 Å². The molecule has 0 unspecified atom stereocenters. The average molecular weight is 399 g/mol. The van der Waals surface area contributed by atoms with E-state index in [9.17, 15) is 14.4 Å². The van der Waals surface area contributed by atoms with E-state index in [1.807, 2.05) is 0 Å². The topological polar surface area (TPSA) is 90.9 Å². The number of rotatable bonds is 5. The lowest BCUT2D eigenvalue weighted by molar-refractivity contribution is -0.122. The summed E-state index contributed by atoms with van der Waals surface area (Å²) in [6, 6.07) is 0. The molecule has 4 fully saturated rings. The van der Waals surface area contributed by atoms with Crippen LogP contribution in [0.3, 0.4) is 0 Å². The van der Waals surface area contributed by atoms with Crippen molar-refractivity contribution in [2.75, 3.05) is 6.54 Å². The van der Waals surface area contributed by atoms with Gasteiger partial charge in [0.25, 0.3) is 5.56 Å². The summed E-state index contributed by atoms with van der Waals surface area (Å²) >= 11 is 0. The van der Waals surface area contributed by atoms with Gasteiger partial charge in [0.15, 0.2) is 11.2 Å². The van der Waals surface area contributed by atoms with Crippen LogP contribution in [0.15, 0.2) is 15.9 Å². The lowest BCUT2D eigenvalue weighted by Gasteiger charge is -2.57. The maximum atomic E-state index is 12.7. The first-order valence-corrected chi connectivity index (χ1v) is 10.7. The molecule has 4 saturated carbocycles. The number of aryl methyl sites for hydroxylation is 2. The molecule has 29 heavy (non-hydrogen) atoms. The molecule has 2 aromatic heterocycles. The van der Waals surface area contributed by atoms with Crippen molar-refractivity contribution >= 4 is 17.1 Å². The van der Waals surface area contributed by atoms with Gasteiger partial charge in [-0.3, -0.25) is 14.2 Å². The number of amides is 1. The Hall–Kier alpha value is -2.38. The molecule has 1 amide bonds. The molecule has 0 spiro atoms. The monoisotopic (exact) mass is 399 g/mol. The van der Waals surface area contributed by atoms with Crippen molar-refractivity contribution in [3.05, 3.63) is 27.2 Å². The molecule has 8 heteroatoms. The van der Waals surface area contributed by atoms with Crippen LogP contribution in [0, 0.1) is 23.2 Å². The van der Waals surface area contributed by atoms with E-state index < -0.39 is 11.2 Å². The highest BCUT2D eigenvalue weighted by Gasteiger charge is 2.50. The number of hydrogen-bond donors (Lipinski definition) is 1. The van der Waals surface area contributed by atoms with E-state index in [-0.39, 0.29) is 12.5 Å². The summed E-state index contributed by atoms with van der Waals surface area (Å²) in [5.41, 5.74) is 0.0778. The molecular formula is C21H29N5O3. The number of carbonyl (C=O) groups excluding carboxylic acids is 1. The molecular weight excluding hydrogens is 370 g/mol. The third kappa shape index (κ3) is 3.04. The van der Waals surface area contributed by atoms with Crippen molar-refractivity contribution in [2.24, 2.45) is 37.3 Å². The first-order chi connectivity index (χ1) is 13.8. The number of imidazole rings is 1. The fourth-order valence-corrected chi connectivity index (χ4v) is 6.80. The molecule has 0 atom stereocenters. The standard InChI is InChI=1S/C21H29N5O3/c1-24-12-23-18-17(24)19(28)26(20(29)25(18)2)11-16(27)22-4-3-21-8-13-5-14(9-21)7-15(6-13)10-21/h12-15H,3-11H2,1-2H3,(H,22,27). The Morgan fingerprint density at radius 1 is 1.14 bits per heavy atom. The average Bonchev–Trinajstić information content (AvgIpc) is 3.04. The predicted octanol–water partition coefficient (Wildman–Crippen LogP) is 1.16. The maximum absolute atomic E-state index is 12.7. The molecule has 0 radical (unpaired) electrons. The fourth-order valence-electron chi connectivity index (χ4n) is 6.80. The zero-order valence-electron chi connectivity index (χ0n) is 17.2. The Balaban J connectivity index is 1.27. The molecule has 1 N–H and O–H groups in total. The molecule has 0 aliphatic heterocycles. The molecule has 156 valence electrons. The molecule has 2 heterocycles. The summed E-state index contributed by atoms with van der Waals surface area (Å²) in [7, 11) is 3.27. The van der Waals surface area contributed by atoms with Crippen molar-refractivity contribution in [1.82, 2.24) is 24.0 Å². The van der Waals surface area contributed by atoms with Crippen LogP contribution in [0.4, 0.5) is 0 Å². The number of aromatic nitrogens is 4. The Morgan fingerprint density at radius 3 is 2.38 bits per heavy atom. The summed E-state index contributed by atoms with van der Waals surface area (Å²) in [4.78, 5) is 41.9. The summed E-state index contributed by atoms with van der Waals surface area (Å²) in [6.45, 7) is 0.363. The summed E-state index contributed by atoms with van der Waals surface area (Å²) in [6.07, 6.45) is 10.7. The first-order valence-electron chi connectivity index (χ1n) is 10.7. The van der Waals surface area contributed by atoms with Crippen LogP contribution >= 0.6 is 0 Å². The van der Waals surface area contributed by atoms with E-state index in [4.69, 9.17) is 0 Å². The fraction of sp³-hybridized carbons (Fsp3) is 0.714. The van der Waals surface area contributed by atoms with Crippen LogP contribution in [0.25, 0.3) is 11.2 Å². The van der Waals surface area contributed by atoms with Crippen molar-refractivity contribution in [3.8, 4) is 0 Å². The molecule has 2 aromatic rings. The number of carbonyl (C=O) groups is 1. The number of hydrogen-bond acceptors (Lipinski definition) is 4. The van der Waals surface area contributed by atoms with E-state index in [1.165, 1.54) is 49.4 Å². The summed E-state index contributed by atoms with van der Waals surface area (Å²) in [5.74, 6) is 2.40. The van der Waals surface area contributed by atoms with Gasteiger partial charge in [-0.1, -0.05) is 0 Å². The van der Waals surface area contributed by atoms with E-state index in [2.05, 4.69) is 10.3 Å². The smallest absolute Gasteiger partial charge is 0.332 e. The predicted molar refractivity (Wildman–Crippen MR) is 108 cm³/mol. The van der Waals surface area contributed by atoms with E-state index in [0.29, 0.717) is 23.1 Å². The Morgan fingerprint density at radius 2 is 1.76 bits per heavy atom. The summed E-state index contributed by atoms with van der Waals surface area (Å²) < 4.78 is 3.90. The van der Waals surface area contributed by atoms with Gasteiger partial charge in [-0.05, 0) is 68.1 Å². The molecule has 0 saturated heterocycles. The number of nitrogens with zero attached hydrogens (tertiary/aromatic N) is 4. The first kappa shape index (κ1) is 18.6. The van der Waals surface area contributed by atoms with Gasteiger partial charge in [-0.25, -0.2) is 14.3 Å². The van der Waals surface area contributed by atoms with Crippen molar-refractivity contribution in [3.63, 3.8) is 0 Å². The second kappa shape index (κ2) is 6.57. The third-order valence-corrected chi connectivity index (χ3v) is 7.65. The molecule has 4 aliphatic carbocycles. The minimum Gasteiger partial charge on any atom is -0.355 e. The van der Waals surface area contributed by atoms with Crippen molar-refractivity contribution < 1.29 is 4.79 Å². The lowest BCUT2D eigenvalue weighted by atomic mass is 9.49. The molecule has 6 rings (SSSR count). The van der Waals surface area contributed by atoms with E-state index in [0.717, 1.165) is 28.7 Å². The van der Waals surface area contributed by atoms with Gasteiger partial charge < -0.3 is 9.88 Å². The summed E-state index contributed by atoms with van der Waals surface area (Å²) in [5, 5.41) is 2.97. The highest BCUT2D eigenvalue weighted by molar-refractivity contribution is 5.76. The van der Waals surface area contributed by atoms with Gasteiger partial charge >= 0.3 is 5.69 Å². The van der Waals surface area contributed by atoms with Gasteiger partial charge in [0.1, 0.15) is 6.54 Å². The van der Waals surface area contributed by atoms with Gasteiger partial charge in [-0.2, -0.15) is 0 Å². The quantitative estimate of drug-likeness (QED) is 0.817. The van der Waals surface area contributed by atoms with Crippen molar-refractivity contribution in [1.29, 1.82) is 0 Å². The van der Waals surface area contributed by atoms with Crippen LogP contribution < -0.4 is 16.6 Å². The minimum absolute atomic E-state index is 0.256. The lowest BCUT2D eigenvalue weighted by Crippen LogP contribution is -2.48. The maximum Gasteiger partial charge on any atom is 0.332 e. The third-order valence-electron chi connectivity index (χ3n) is 7.65. The zero-order valence-corrected chi connectivity index (χ0v) is 17.2. The van der Waals surface area contributed by atoms with Crippen LogP contribution in [0.2, 0.25) is 0 Å². The second-order valence-corrected chi connectivity index (χ2v) is 9.78. The Kier molecular flexibility index (Phi) is 4.22. The van der Waals surface area contributed by atoms with Crippen LogP contribution in [-0.4, -0.2) is 31.1 Å². The number of fused-ring (bicyclic) bond motifs is 1. The van der Waals surface area contributed by atoms with Crippen LogP contribution in [0.1, 0.15) is 44.9 Å². The van der Waals surface area contributed by atoms with Gasteiger partial charge in [0.05, 0.1) is 6.33 Å². The highest BCUT2D eigenvalue weighted by atomic mass is 16.2. The highest BCUT2D eigenvalue weighted by Crippen LogP contribution is 2.61. The van der Waals surface area contributed by atoms with Crippen LogP contribution in [0.5, 0.6) is 0 Å². The molecule has 8 nitrogen and oxygen atoms in total. The Labute approximate surface area is 168 Å². The van der Waals surface area contributed by atoms with Gasteiger partial charge in [-0.15, -0.1) is 0 Å². The molecule has 0 aromatic carbocycles. The van der Waals surface area contributed by atoms with E-state index in [1.54, 1.807) is 18.7 Å². The second-order valence-electron chi connectivity index (χ2n) is 9.78. The minimum atomic E-state index is -0.516. The van der Waals surface area contributed by atoms with Gasteiger partial charge in [0.2, 0.25) is 5.91 Å². The largest absolute Gasteiger partial charge is 0.355 e. The Bertz CT molecular complexity index is 1060. The molecule has 4 bridgehead atoms. The van der Waals surface area contributed by atoms with Gasteiger partial charge in [0, 0.05) is 20.6 Å².